The number of aromatic amines is 1. The van der Waals surface area contributed by atoms with Gasteiger partial charge in [0.15, 0.2) is 5.82 Å². The van der Waals surface area contributed by atoms with Gasteiger partial charge >= 0.3 is 0 Å². The predicted molar refractivity (Wildman–Crippen MR) is 109 cm³/mol. The first kappa shape index (κ1) is 17.1. The second-order valence-electron chi connectivity index (χ2n) is 6.68. The SMILES string of the molecule is Cc1ccccc1-c1[nH]nc(N2CCN(c3ccccc3)CC2)c1NC=O. The third-order valence-corrected chi connectivity index (χ3v) is 5.07. The van der Waals surface area contributed by atoms with Gasteiger partial charge in [-0.15, -0.1) is 0 Å². The summed E-state index contributed by atoms with van der Waals surface area (Å²) in [5.74, 6) is 0.799. The highest BCUT2D eigenvalue weighted by Crippen LogP contribution is 2.35. The summed E-state index contributed by atoms with van der Waals surface area (Å²) < 4.78 is 0. The monoisotopic (exact) mass is 361 g/mol. The van der Waals surface area contributed by atoms with Crippen molar-refractivity contribution in [1.29, 1.82) is 0 Å². The Balaban J connectivity index is 1.58. The van der Waals surface area contributed by atoms with Crippen molar-refractivity contribution in [1.82, 2.24) is 10.2 Å². The quantitative estimate of drug-likeness (QED) is 0.685. The van der Waals surface area contributed by atoms with E-state index in [0.717, 1.165) is 60.9 Å². The summed E-state index contributed by atoms with van der Waals surface area (Å²) in [5, 5.41) is 10.5. The first-order chi connectivity index (χ1) is 13.3. The lowest BCUT2D eigenvalue weighted by atomic mass is 10.0. The molecule has 0 aliphatic carbocycles. The minimum Gasteiger partial charge on any atom is -0.368 e. The Morgan fingerprint density at radius 2 is 1.63 bits per heavy atom. The fraction of sp³-hybridized carbons (Fsp3) is 0.238. The molecular weight excluding hydrogens is 338 g/mol. The minimum absolute atomic E-state index is 0.719. The summed E-state index contributed by atoms with van der Waals surface area (Å²) in [6, 6.07) is 18.5. The van der Waals surface area contributed by atoms with E-state index in [4.69, 9.17) is 0 Å². The van der Waals surface area contributed by atoms with Crippen molar-refractivity contribution >= 4 is 23.6 Å². The first-order valence-corrected chi connectivity index (χ1v) is 9.17. The average molecular weight is 361 g/mol. The zero-order valence-corrected chi connectivity index (χ0v) is 15.4. The van der Waals surface area contributed by atoms with Crippen molar-refractivity contribution < 1.29 is 4.79 Å². The molecule has 1 aromatic heterocycles. The zero-order valence-electron chi connectivity index (χ0n) is 15.4. The van der Waals surface area contributed by atoms with Gasteiger partial charge in [0.25, 0.3) is 0 Å². The molecule has 27 heavy (non-hydrogen) atoms. The van der Waals surface area contributed by atoms with Crippen LogP contribution in [-0.2, 0) is 4.79 Å². The number of rotatable bonds is 5. The highest BCUT2D eigenvalue weighted by atomic mass is 16.1. The molecule has 3 aromatic rings. The van der Waals surface area contributed by atoms with Crippen LogP contribution in [0.2, 0.25) is 0 Å². The Hall–Kier alpha value is -3.28. The largest absolute Gasteiger partial charge is 0.368 e. The highest BCUT2D eigenvalue weighted by molar-refractivity contribution is 5.91. The molecule has 0 bridgehead atoms. The number of H-pyrrole nitrogens is 1. The first-order valence-electron chi connectivity index (χ1n) is 9.17. The summed E-state index contributed by atoms with van der Waals surface area (Å²) >= 11 is 0. The molecule has 0 saturated carbocycles. The number of hydrogen-bond donors (Lipinski definition) is 2. The van der Waals surface area contributed by atoms with Crippen LogP contribution in [0.5, 0.6) is 0 Å². The maximum absolute atomic E-state index is 11.2. The predicted octanol–water partition coefficient (Wildman–Crippen LogP) is 3.28. The molecule has 0 radical (unpaired) electrons. The Morgan fingerprint density at radius 3 is 2.33 bits per heavy atom. The maximum atomic E-state index is 11.2. The molecule has 0 spiro atoms. The Morgan fingerprint density at radius 1 is 0.963 bits per heavy atom. The number of aryl methyl sites for hydroxylation is 1. The van der Waals surface area contributed by atoms with E-state index in [9.17, 15) is 4.79 Å². The molecule has 1 amide bonds. The summed E-state index contributed by atoms with van der Waals surface area (Å²) in [6.07, 6.45) is 0.719. The third-order valence-electron chi connectivity index (χ3n) is 5.07. The van der Waals surface area contributed by atoms with E-state index in [-0.39, 0.29) is 0 Å². The number of nitrogens with zero attached hydrogens (tertiary/aromatic N) is 3. The summed E-state index contributed by atoms with van der Waals surface area (Å²) in [7, 11) is 0. The molecule has 6 heteroatoms. The van der Waals surface area contributed by atoms with E-state index in [1.165, 1.54) is 5.69 Å². The molecule has 1 aliphatic rings. The fourth-order valence-electron chi connectivity index (χ4n) is 3.62. The molecule has 1 aliphatic heterocycles. The lowest BCUT2D eigenvalue weighted by Crippen LogP contribution is -2.46. The van der Waals surface area contributed by atoms with Gasteiger partial charge in [-0.05, 0) is 24.6 Å². The number of aromatic nitrogens is 2. The van der Waals surface area contributed by atoms with E-state index < -0.39 is 0 Å². The van der Waals surface area contributed by atoms with Gasteiger partial charge in [-0.25, -0.2) is 0 Å². The number of anilines is 3. The van der Waals surface area contributed by atoms with Crippen molar-refractivity contribution in [3.8, 4) is 11.3 Å². The standard InChI is InChI=1S/C21H23N5O/c1-16-7-5-6-10-18(16)19-20(22-15-27)21(24-23-19)26-13-11-25(12-14-26)17-8-3-2-4-9-17/h2-10,15H,11-14H2,1H3,(H,22,27)(H,23,24). The van der Waals surface area contributed by atoms with E-state index in [0.29, 0.717) is 0 Å². The van der Waals surface area contributed by atoms with Gasteiger partial charge in [-0.3, -0.25) is 9.89 Å². The molecule has 1 fully saturated rings. The number of hydrogen-bond acceptors (Lipinski definition) is 4. The van der Waals surface area contributed by atoms with E-state index in [1.807, 2.05) is 24.3 Å². The van der Waals surface area contributed by atoms with Crippen LogP contribution in [0.25, 0.3) is 11.3 Å². The molecule has 0 atom stereocenters. The van der Waals surface area contributed by atoms with E-state index in [1.54, 1.807) is 0 Å². The Labute approximate surface area is 158 Å². The van der Waals surface area contributed by atoms with Crippen LogP contribution in [0.4, 0.5) is 17.2 Å². The Kier molecular flexibility index (Phi) is 4.78. The highest BCUT2D eigenvalue weighted by Gasteiger charge is 2.24. The van der Waals surface area contributed by atoms with Crippen molar-refractivity contribution in [2.24, 2.45) is 0 Å². The number of benzene rings is 2. The molecule has 2 aromatic carbocycles. The molecular formula is C21H23N5O. The van der Waals surface area contributed by atoms with Crippen LogP contribution < -0.4 is 15.1 Å². The zero-order chi connectivity index (χ0) is 18.6. The van der Waals surface area contributed by atoms with Gasteiger partial charge in [0.1, 0.15) is 5.69 Å². The number of nitrogens with one attached hydrogen (secondary N) is 2. The maximum Gasteiger partial charge on any atom is 0.211 e. The molecule has 2 heterocycles. The van der Waals surface area contributed by atoms with Gasteiger partial charge in [0.2, 0.25) is 6.41 Å². The van der Waals surface area contributed by atoms with Crippen molar-refractivity contribution in [2.45, 2.75) is 6.92 Å². The summed E-state index contributed by atoms with van der Waals surface area (Å²) in [6.45, 7) is 5.58. The van der Waals surface area contributed by atoms with Crippen LogP contribution in [-0.4, -0.2) is 42.8 Å². The topological polar surface area (TPSA) is 64.3 Å². The number of amides is 1. The molecule has 0 unspecified atom stereocenters. The normalized spacial score (nSPS) is 14.3. The summed E-state index contributed by atoms with van der Waals surface area (Å²) in [5.41, 5.74) is 5.01. The fourth-order valence-corrected chi connectivity index (χ4v) is 3.62. The van der Waals surface area contributed by atoms with E-state index in [2.05, 4.69) is 62.6 Å². The van der Waals surface area contributed by atoms with Crippen LogP contribution in [0.1, 0.15) is 5.56 Å². The second kappa shape index (κ2) is 7.53. The molecule has 6 nitrogen and oxygen atoms in total. The lowest BCUT2D eigenvalue weighted by molar-refractivity contribution is -0.105. The van der Waals surface area contributed by atoms with Crippen molar-refractivity contribution in [3.05, 3.63) is 60.2 Å². The molecule has 4 rings (SSSR count). The minimum atomic E-state index is 0.719. The van der Waals surface area contributed by atoms with Gasteiger partial charge < -0.3 is 15.1 Å². The third kappa shape index (κ3) is 3.38. The molecule has 138 valence electrons. The number of carbonyl (C=O) groups excluding carboxylic acids is 1. The van der Waals surface area contributed by atoms with Crippen molar-refractivity contribution in [2.75, 3.05) is 41.3 Å². The van der Waals surface area contributed by atoms with Gasteiger partial charge in [-0.2, -0.15) is 5.10 Å². The second-order valence-corrected chi connectivity index (χ2v) is 6.68. The van der Waals surface area contributed by atoms with Crippen LogP contribution in [0, 0.1) is 6.92 Å². The van der Waals surface area contributed by atoms with Gasteiger partial charge in [0.05, 0.1) is 5.69 Å². The average Bonchev–Trinajstić information content (AvgIpc) is 3.13. The molecule has 2 N–H and O–H groups in total. The van der Waals surface area contributed by atoms with Gasteiger partial charge in [-0.1, -0.05) is 42.5 Å². The van der Waals surface area contributed by atoms with Crippen LogP contribution >= 0.6 is 0 Å². The molecule has 1 saturated heterocycles. The number of para-hydroxylation sites is 1. The van der Waals surface area contributed by atoms with Gasteiger partial charge in [0, 0.05) is 37.4 Å². The number of piperazine rings is 1. The van der Waals surface area contributed by atoms with Crippen molar-refractivity contribution in [3.63, 3.8) is 0 Å². The number of carbonyl (C=O) groups is 1. The lowest BCUT2D eigenvalue weighted by Gasteiger charge is -2.36. The van der Waals surface area contributed by atoms with E-state index >= 15 is 0 Å². The van der Waals surface area contributed by atoms with Crippen LogP contribution in [0.15, 0.2) is 54.6 Å². The summed E-state index contributed by atoms with van der Waals surface area (Å²) in [4.78, 5) is 15.8. The van der Waals surface area contributed by atoms with Crippen LogP contribution in [0.3, 0.4) is 0 Å². The smallest absolute Gasteiger partial charge is 0.211 e. The Bertz CT molecular complexity index is 913.